The molecule has 0 aromatic heterocycles. The molecule has 0 aliphatic carbocycles. The lowest BCUT2D eigenvalue weighted by atomic mass is 9.91. The maximum atomic E-state index is 12.7. The van der Waals surface area contributed by atoms with Gasteiger partial charge in [-0.05, 0) is 12.5 Å². The van der Waals surface area contributed by atoms with Crippen molar-refractivity contribution >= 4 is 29.7 Å². The smallest absolute Gasteiger partial charge is 0.325 e. The highest BCUT2D eigenvalue weighted by molar-refractivity contribution is 6.09. The Kier molecular flexibility index (Phi) is 5.45. The quantitative estimate of drug-likeness (QED) is 0.185. The van der Waals surface area contributed by atoms with E-state index in [4.69, 9.17) is 22.0 Å². The van der Waals surface area contributed by atoms with Crippen LogP contribution in [-0.4, -0.2) is 58.8 Å². The molecule has 0 spiro atoms. The summed E-state index contributed by atoms with van der Waals surface area (Å²) in [4.78, 5) is 48.2. The maximum absolute atomic E-state index is 12.7. The Bertz CT molecular complexity index is 808. The van der Waals surface area contributed by atoms with E-state index < -0.39 is 41.9 Å². The first-order chi connectivity index (χ1) is 12.6. The molecule has 1 aromatic rings. The number of hydrogen-bond donors (Lipinski definition) is 6. The summed E-state index contributed by atoms with van der Waals surface area (Å²) in [5.74, 6) is -2.77. The van der Waals surface area contributed by atoms with E-state index in [-0.39, 0.29) is 12.4 Å². The number of aliphatic carboxylic acids is 1. The minimum absolute atomic E-state index is 0.133. The van der Waals surface area contributed by atoms with E-state index in [1.165, 1.54) is 6.92 Å². The van der Waals surface area contributed by atoms with Gasteiger partial charge in [0.1, 0.15) is 24.0 Å². The lowest BCUT2D eigenvalue weighted by Gasteiger charge is -2.22. The minimum Gasteiger partial charge on any atom is -0.480 e. The number of carbonyl (C=O) groups excluding carboxylic acids is 3. The number of benzene rings is 1. The van der Waals surface area contributed by atoms with Gasteiger partial charge in [-0.1, -0.05) is 24.3 Å². The first kappa shape index (κ1) is 19.8. The van der Waals surface area contributed by atoms with E-state index in [1.54, 1.807) is 24.3 Å². The van der Waals surface area contributed by atoms with Gasteiger partial charge in [-0.15, -0.1) is 0 Å². The van der Waals surface area contributed by atoms with Gasteiger partial charge in [0.05, 0.1) is 0 Å². The normalized spacial score (nSPS) is 20.1. The standard InChI is InChI=1S/C16H20N6O5/c1-16(9-4-2-8(3-5-9)12(18)19)14(26)22(15(27)21-16)7-11(23)20-6-10(17)13(24)25/h2-5,10H,6-7,17H2,1H3,(H3,18,19)(H,20,23)(H,21,27)(H,24,25)/t10?,16-/m0/s1. The number of nitrogens with zero attached hydrogens (tertiary/aromatic N) is 1. The first-order valence-electron chi connectivity index (χ1n) is 7.90. The van der Waals surface area contributed by atoms with Crippen LogP contribution in [0, 0.1) is 5.41 Å². The molecule has 11 nitrogen and oxygen atoms in total. The van der Waals surface area contributed by atoms with Crippen LogP contribution in [0.4, 0.5) is 4.79 Å². The van der Waals surface area contributed by atoms with Gasteiger partial charge >= 0.3 is 12.0 Å². The third-order valence-corrected chi connectivity index (χ3v) is 4.19. The topological polar surface area (TPSA) is 192 Å². The Morgan fingerprint density at radius 2 is 1.93 bits per heavy atom. The van der Waals surface area contributed by atoms with Crippen LogP contribution < -0.4 is 22.1 Å². The summed E-state index contributed by atoms with van der Waals surface area (Å²) in [5, 5.41) is 20.9. The molecule has 0 saturated carbocycles. The predicted octanol–water partition coefficient (Wildman–Crippen LogP) is -1.73. The van der Waals surface area contributed by atoms with E-state index in [2.05, 4.69) is 10.6 Å². The summed E-state index contributed by atoms with van der Waals surface area (Å²) < 4.78 is 0. The van der Waals surface area contributed by atoms with E-state index >= 15 is 0 Å². The summed E-state index contributed by atoms with van der Waals surface area (Å²) in [6, 6.07) is 4.17. The third-order valence-electron chi connectivity index (χ3n) is 4.19. The number of carboxylic acid groups (broad SMARTS) is 1. The fourth-order valence-electron chi connectivity index (χ4n) is 2.53. The Hall–Kier alpha value is -3.47. The van der Waals surface area contributed by atoms with Crippen molar-refractivity contribution in [2.24, 2.45) is 11.5 Å². The maximum Gasteiger partial charge on any atom is 0.325 e. The third kappa shape index (κ3) is 4.03. The fourth-order valence-corrected chi connectivity index (χ4v) is 2.53. The molecule has 1 fully saturated rings. The number of carbonyl (C=O) groups is 4. The van der Waals surface area contributed by atoms with E-state index in [9.17, 15) is 19.2 Å². The van der Waals surface area contributed by atoms with Crippen LogP contribution in [0.15, 0.2) is 24.3 Å². The van der Waals surface area contributed by atoms with Crippen LogP contribution in [0.5, 0.6) is 0 Å². The number of amides is 4. The lowest BCUT2D eigenvalue weighted by Crippen LogP contribution is -2.47. The van der Waals surface area contributed by atoms with E-state index in [0.29, 0.717) is 11.1 Å². The fraction of sp³-hybridized carbons (Fsp3) is 0.312. The first-order valence-corrected chi connectivity index (χ1v) is 7.90. The van der Waals surface area contributed by atoms with Crippen molar-refractivity contribution in [1.82, 2.24) is 15.5 Å². The van der Waals surface area contributed by atoms with Crippen molar-refractivity contribution in [3.63, 3.8) is 0 Å². The lowest BCUT2D eigenvalue weighted by molar-refractivity contribution is -0.139. The number of hydrogen-bond acceptors (Lipinski definition) is 6. The van der Waals surface area contributed by atoms with Gasteiger partial charge < -0.3 is 27.2 Å². The molecule has 8 N–H and O–H groups in total. The zero-order valence-corrected chi connectivity index (χ0v) is 14.5. The summed E-state index contributed by atoms with van der Waals surface area (Å²) in [6.45, 7) is 0.591. The SMILES string of the molecule is C[C@@]1(c2ccc(C(=N)N)cc2)NC(=O)N(CC(=O)NCC(N)C(=O)O)C1=O. The molecule has 2 rings (SSSR count). The number of imide groups is 1. The molecular weight excluding hydrogens is 356 g/mol. The molecule has 11 heteroatoms. The minimum atomic E-state index is -1.38. The van der Waals surface area contributed by atoms with Crippen molar-refractivity contribution < 1.29 is 24.3 Å². The van der Waals surface area contributed by atoms with Crippen molar-refractivity contribution in [3.05, 3.63) is 35.4 Å². The van der Waals surface area contributed by atoms with Gasteiger partial charge in [0.25, 0.3) is 5.91 Å². The second-order valence-electron chi connectivity index (χ2n) is 6.19. The van der Waals surface area contributed by atoms with Crippen molar-refractivity contribution in [2.45, 2.75) is 18.5 Å². The number of nitrogens with two attached hydrogens (primary N) is 2. The zero-order valence-electron chi connectivity index (χ0n) is 14.5. The number of nitrogen functional groups attached to an aromatic ring is 1. The monoisotopic (exact) mass is 376 g/mol. The number of rotatable bonds is 7. The average molecular weight is 376 g/mol. The van der Waals surface area contributed by atoms with Crippen molar-refractivity contribution in [1.29, 1.82) is 5.41 Å². The van der Waals surface area contributed by atoms with Crippen LogP contribution in [0.2, 0.25) is 0 Å². The molecule has 144 valence electrons. The summed E-state index contributed by atoms with van der Waals surface area (Å²) in [7, 11) is 0. The van der Waals surface area contributed by atoms with Crippen molar-refractivity contribution in [2.75, 3.05) is 13.1 Å². The van der Waals surface area contributed by atoms with E-state index in [1.807, 2.05) is 0 Å². The van der Waals surface area contributed by atoms with Crippen LogP contribution >= 0.6 is 0 Å². The highest BCUT2D eigenvalue weighted by atomic mass is 16.4. The van der Waals surface area contributed by atoms with Gasteiger partial charge in [-0.2, -0.15) is 0 Å². The Morgan fingerprint density at radius 3 is 2.44 bits per heavy atom. The summed E-state index contributed by atoms with van der Waals surface area (Å²) >= 11 is 0. The number of urea groups is 1. The van der Waals surface area contributed by atoms with Crippen LogP contribution in [0.3, 0.4) is 0 Å². The van der Waals surface area contributed by atoms with Crippen LogP contribution in [0.1, 0.15) is 18.1 Å². The molecule has 1 aliphatic heterocycles. The molecule has 4 amide bonds. The summed E-state index contributed by atoms with van der Waals surface area (Å²) in [5.41, 5.74) is 10.2. The molecule has 27 heavy (non-hydrogen) atoms. The van der Waals surface area contributed by atoms with E-state index in [0.717, 1.165) is 4.90 Å². The largest absolute Gasteiger partial charge is 0.480 e. The highest BCUT2D eigenvalue weighted by Crippen LogP contribution is 2.28. The molecule has 0 bridgehead atoms. The second-order valence-corrected chi connectivity index (χ2v) is 6.19. The van der Waals surface area contributed by atoms with Gasteiger partial charge in [0.15, 0.2) is 0 Å². The molecule has 2 atom stereocenters. The Labute approximate surface area is 154 Å². The van der Waals surface area contributed by atoms with Gasteiger partial charge in [-0.3, -0.25) is 24.7 Å². The Balaban J connectivity index is 2.10. The molecule has 1 heterocycles. The van der Waals surface area contributed by atoms with Gasteiger partial charge in [-0.25, -0.2) is 4.79 Å². The summed E-state index contributed by atoms with van der Waals surface area (Å²) in [6.07, 6.45) is 0. The number of carboxylic acids is 1. The second kappa shape index (κ2) is 7.41. The molecule has 1 unspecified atom stereocenters. The molecule has 1 saturated heterocycles. The zero-order chi connectivity index (χ0) is 20.4. The van der Waals surface area contributed by atoms with Gasteiger partial charge in [0.2, 0.25) is 5.91 Å². The van der Waals surface area contributed by atoms with Crippen molar-refractivity contribution in [3.8, 4) is 0 Å². The predicted molar refractivity (Wildman–Crippen MR) is 93.7 cm³/mol. The van der Waals surface area contributed by atoms with Crippen LogP contribution in [0.25, 0.3) is 0 Å². The number of nitrogens with one attached hydrogen (secondary N) is 3. The van der Waals surface area contributed by atoms with Gasteiger partial charge in [0, 0.05) is 12.1 Å². The molecule has 1 aromatic carbocycles. The molecule has 0 radical (unpaired) electrons. The average Bonchev–Trinajstić information content (AvgIpc) is 2.83. The number of amidine groups is 1. The Morgan fingerprint density at radius 1 is 1.33 bits per heavy atom. The molecular formula is C16H20N6O5. The van der Waals surface area contributed by atoms with Crippen LogP contribution in [-0.2, 0) is 19.9 Å². The highest BCUT2D eigenvalue weighted by Gasteiger charge is 2.49. The molecule has 1 aliphatic rings.